The zero-order valence-corrected chi connectivity index (χ0v) is 10.4. The van der Waals surface area contributed by atoms with Crippen molar-refractivity contribution in [3.05, 3.63) is 34.6 Å². The topological polar surface area (TPSA) is 52.3 Å². The molecule has 0 aliphatic heterocycles. The van der Waals surface area contributed by atoms with Crippen molar-refractivity contribution in [2.24, 2.45) is 5.73 Å². The van der Waals surface area contributed by atoms with Crippen LogP contribution in [0.25, 0.3) is 0 Å². The summed E-state index contributed by atoms with van der Waals surface area (Å²) in [7, 11) is 1.35. The van der Waals surface area contributed by atoms with E-state index in [0.29, 0.717) is 6.42 Å². The van der Waals surface area contributed by atoms with Gasteiger partial charge in [-0.1, -0.05) is 0 Å². The minimum atomic E-state index is -0.280. The number of methoxy groups -OCH3 is 1. The largest absolute Gasteiger partial charge is 0.469 e. The van der Waals surface area contributed by atoms with Gasteiger partial charge in [-0.3, -0.25) is 4.79 Å². The van der Waals surface area contributed by atoms with E-state index < -0.39 is 0 Å². The van der Waals surface area contributed by atoms with Gasteiger partial charge in [-0.05, 0) is 49.1 Å². The predicted molar refractivity (Wildman–Crippen MR) is 64.1 cm³/mol. The van der Waals surface area contributed by atoms with E-state index in [1.165, 1.54) is 19.2 Å². The maximum Gasteiger partial charge on any atom is 0.305 e. The number of ether oxygens (including phenoxy) is 1. The van der Waals surface area contributed by atoms with Crippen molar-refractivity contribution in [3.63, 3.8) is 0 Å². The molecule has 0 heterocycles. The van der Waals surface area contributed by atoms with Crippen LogP contribution in [0, 0.1) is 19.7 Å². The van der Waals surface area contributed by atoms with Crippen molar-refractivity contribution in [2.75, 3.05) is 7.11 Å². The van der Waals surface area contributed by atoms with Gasteiger partial charge in [0.05, 0.1) is 7.11 Å². The number of carbonyl (C=O) groups is 1. The van der Waals surface area contributed by atoms with Gasteiger partial charge in [-0.15, -0.1) is 0 Å². The smallest absolute Gasteiger partial charge is 0.305 e. The Labute approximate surface area is 101 Å². The predicted octanol–water partition coefficient (Wildman–Crippen LogP) is 2.40. The zero-order chi connectivity index (χ0) is 13.0. The zero-order valence-electron chi connectivity index (χ0n) is 10.4. The quantitative estimate of drug-likeness (QED) is 0.821. The monoisotopic (exact) mass is 239 g/mol. The molecule has 3 nitrogen and oxygen atoms in total. The number of halogens is 1. The summed E-state index contributed by atoms with van der Waals surface area (Å²) < 4.78 is 17.7. The van der Waals surface area contributed by atoms with E-state index in [-0.39, 0.29) is 24.2 Å². The standard InChI is InChI=1S/C13H18FNO2/c1-8-6-10(14)7-9(2)13(8)11(15)4-5-12(16)17-3/h6-7,11H,4-5,15H2,1-3H3. The molecule has 0 aliphatic carbocycles. The minimum Gasteiger partial charge on any atom is -0.469 e. The van der Waals surface area contributed by atoms with Crippen LogP contribution in [0.5, 0.6) is 0 Å². The van der Waals surface area contributed by atoms with Gasteiger partial charge in [-0.25, -0.2) is 4.39 Å². The van der Waals surface area contributed by atoms with Crippen molar-refractivity contribution >= 4 is 5.97 Å². The maximum atomic E-state index is 13.1. The van der Waals surface area contributed by atoms with Crippen molar-refractivity contribution in [1.82, 2.24) is 0 Å². The summed E-state index contributed by atoms with van der Waals surface area (Å²) in [6.45, 7) is 3.65. The Morgan fingerprint density at radius 2 is 1.94 bits per heavy atom. The Balaban J connectivity index is 2.82. The van der Waals surface area contributed by atoms with Crippen LogP contribution in [0.4, 0.5) is 4.39 Å². The van der Waals surface area contributed by atoms with Gasteiger partial charge in [0.1, 0.15) is 5.82 Å². The Kier molecular flexibility index (Phi) is 4.63. The van der Waals surface area contributed by atoms with Crippen molar-refractivity contribution in [2.45, 2.75) is 32.7 Å². The van der Waals surface area contributed by atoms with Crippen LogP contribution in [0.1, 0.15) is 35.6 Å². The number of aryl methyl sites for hydroxylation is 2. The van der Waals surface area contributed by atoms with Gasteiger partial charge < -0.3 is 10.5 Å². The van der Waals surface area contributed by atoms with Crippen LogP contribution in [0.15, 0.2) is 12.1 Å². The van der Waals surface area contributed by atoms with Crippen LogP contribution in [-0.2, 0) is 9.53 Å². The van der Waals surface area contributed by atoms with Gasteiger partial charge in [0.25, 0.3) is 0 Å². The fraction of sp³-hybridized carbons (Fsp3) is 0.462. The lowest BCUT2D eigenvalue weighted by Crippen LogP contribution is -2.15. The second-order valence-corrected chi connectivity index (χ2v) is 4.17. The number of esters is 1. The molecule has 2 N–H and O–H groups in total. The molecular weight excluding hydrogens is 221 g/mol. The molecule has 0 saturated carbocycles. The molecule has 0 saturated heterocycles. The molecule has 1 aromatic rings. The van der Waals surface area contributed by atoms with Gasteiger partial charge >= 0.3 is 5.97 Å². The molecule has 1 unspecified atom stereocenters. The van der Waals surface area contributed by atoms with E-state index in [1.54, 1.807) is 0 Å². The molecule has 0 radical (unpaired) electrons. The fourth-order valence-electron chi connectivity index (χ4n) is 2.03. The summed E-state index contributed by atoms with van der Waals surface area (Å²) >= 11 is 0. The fourth-order valence-corrected chi connectivity index (χ4v) is 2.03. The molecule has 0 aliphatic rings. The third kappa shape index (κ3) is 3.53. The molecule has 4 heteroatoms. The third-order valence-corrected chi connectivity index (χ3v) is 2.82. The summed E-state index contributed by atoms with van der Waals surface area (Å²) in [4.78, 5) is 11.0. The Morgan fingerprint density at radius 1 is 1.41 bits per heavy atom. The van der Waals surface area contributed by atoms with Crippen LogP contribution in [0.3, 0.4) is 0 Å². The molecule has 17 heavy (non-hydrogen) atoms. The minimum absolute atomic E-state index is 0.260. The van der Waals surface area contributed by atoms with Crippen molar-refractivity contribution in [3.8, 4) is 0 Å². The summed E-state index contributed by atoms with van der Waals surface area (Å²) in [6, 6.07) is 2.65. The highest BCUT2D eigenvalue weighted by molar-refractivity contribution is 5.69. The first-order chi connectivity index (χ1) is 7.95. The Bertz CT molecular complexity index is 395. The van der Waals surface area contributed by atoms with Crippen LogP contribution in [-0.4, -0.2) is 13.1 Å². The lowest BCUT2D eigenvalue weighted by Gasteiger charge is -2.17. The molecule has 0 aromatic heterocycles. The second kappa shape index (κ2) is 5.77. The van der Waals surface area contributed by atoms with E-state index in [4.69, 9.17) is 5.73 Å². The first kappa shape index (κ1) is 13.6. The highest BCUT2D eigenvalue weighted by atomic mass is 19.1. The highest BCUT2D eigenvalue weighted by Crippen LogP contribution is 2.24. The van der Waals surface area contributed by atoms with Crippen LogP contribution >= 0.6 is 0 Å². The summed E-state index contributed by atoms with van der Waals surface area (Å²) in [5.74, 6) is -0.540. The molecule has 0 bridgehead atoms. The number of hydrogen-bond acceptors (Lipinski definition) is 3. The lowest BCUT2D eigenvalue weighted by molar-refractivity contribution is -0.140. The number of hydrogen-bond donors (Lipinski definition) is 1. The van der Waals surface area contributed by atoms with E-state index in [1.807, 2.05) is 13.8 Å². The van der Waals surface area contributed by atoms with Crippen molar-refractivity contribution in [1.29, 1.82) is 0 Å². The summed E-state index contributed by atoms with van der Waals surface area (Å²) in [5.41, 5.74) is 8.57. The first-order valence-corrected chi connectivity index (χ1v) is 5.54. The number of rotatable bonds is 4. The van der Waals surface area contributed by atoms with E-state index in [0.717, 1.165) is 16.7 Å². The molecule has 1 rings (SSSR count). The summed E-state index contributed by atoms with van der Waals surface area (Å²) in [6.07, 6.45) is 0.772. The Hall–Kier alpha value is -1.42. The second-order valence-electron chi connectivity index (χ2n) is 4.17. The number of nitrogens with two attached hydrogens (primary N) is 1. The van der Waals surface area contributed by atoms with Gasteiger partial charge in [0, 0.05) is 12.5 Å². The van der Waals surface area contributed by atoms with E-state index in [9.17, 15) is 9.18 Å². The van der Waals surface area contributed by atoms with Crippen molar-refractivity contribution < 1.29 is 13.9 Å². The first-order valence-electron chi connectivity index (χ1n) is 5.54. The maximum absolute atomic E-state index is 13.1. The summed E-state index contributed by atoms with van der Waals surface area (Å²) in [5, 5.41) is 0. The molecule has 0 amide bonds. The Morgan fingerprint density at radius 3 is 2.41 bits per heavy atom. The average molecular weight is 239 g/mol. The van der Waals surface area contributed by atoms with Gasteiger partial charge in [0.15, 0.2) is 0 Å². The molecule has 0 fully saturated rings. The average Bonchev–Trinajstić information content (AvgIpc) is 2.24. The number of carbonyl (C=O) groups excluding carboxylic acids is 1. The molecule has 1 atom stereocenters. The molecule has 94 valence electrons. The third-order valence-electron chi connectivity index (χ3n) is 2.82. The van der Waals surface area contributed by atoms with E-state index >= 15 is 0 Å². The molecule has 1 aromatic carbocycles. The van der Waals surface area contributed by atoms with E-state index in [2.05, 4.69) is 4.74 Å². The lowest BCUT2D eigenvalue weighted by atomic mass is 9.94. The van der Waals surface area contributed by atoms with Crippen LogP contribution < -0.4 is 5.73 Å². The SMILES string of the molecule is COC(=O)CCC(N)c1c(C)cc(F)cc1C. The number of benzene rings is 1. The van der Waals surface area contributed by atoms with Gasteiger partial charge in [-0.2, -0.15) is 0 Å². The molecular formula is C13H18FNO2. The molecule has 0 spiro atoms. The van der Waals surface area contributed by atoms with Gasteiger partial charge in [0.2, 0.25) is 0 Å². The normalized spacial score (nSPS) is 12.3. The highest BCUT2D eigenvalue weighted by Gasteiger charge is 2.14. The van der Waals surface area contributed by atoms with Crippen LogP contribution in [0.2, 0.25) is 0 Å².